The van der Waals surface area contributed by atoms with Crippen LogP contribution in [0, 0.1) is 13.8 Å². The molecule has 5 heteroatoms. The number of benzene rings is 2. The highest BCUT2D eigenvalue weighted by Gasteiger charge is 2.06. The first-order valence-corrected chi connectivity index (χ1v) is 7.64. The predicted octanol–water partition coefficient (Wildman–Crippen LogP) is 4.09. The summed E-state index contributed by atoms with van der Waals surface area (Å²) in [4.78, 5) is 20.5. The third-order valence-electron chi connectivity index (χ3n) is 3.50. The molecule has 0 aliphatic carbocycles. The van der Waals surface area contributed by atoms with Crippen LogP contribution in [0.15, 0.2) is 60.9 Å². The van der Waals surface area contributed by atoms with Crippen LogP contribution in [0.4, 0.5) is 17.2 Å². The molecular formula is C19H18N4O. The molecule has 0 unspecified atom stereocenters. The van der Waals surface area contributed by atoms with Crippen molar-refractivity contribution in [1.82, 2.24) is 9.97 Å². The first-order chi connectivity index (χ1) is 11.6. The van der Waals surface area contributed by atoms with E-state index in [1.807, 2.05) is 62.4 Å². The molecule has 2 aromatic carbocycles. The third kappa shape index (κ3) is 3.95. The molecule has 2 N–H and O–H groups in total. The highest BCUT2D eigenvalue weighted by atomic mass is 16.1. The summed E-state index contributed by atoms with van der Waals surface area (Å²) in [5.41, 5.74) is 4.23. The molecule has 1 heterocycles. The fourth-order valence-corrected chi connectivity index (χ4v) is 2.30. The number of carbonyl (C=O) groups excluding carboxylic acids is 1. The molecule has 24 heavy (non-hydrogen) atoms. The minimum Gasteiger partial charge on any atom is -0.340 e. The van der Waals surface area contributed by atoms with Crippen molar-refractivity contribution in [3.63, 3.8) is 0 Å². The number of anilines is 3. The molecule has 0 aliphatic rings. The van der Waals surface area contributed by atoms with E-state index < -0.39 is 0 Å². The van der Waals surface area contributed by atoms with Gasteiger partial charge in [0.1, 0.15) is 12.1 Å². The van der Waals surface area contributed by atoms with Gasteiger partial charge in [0.2, 0.25) is 0 Å². The van der Waals surface area contributed by atoms with Crippen LogP contribution in [0.5, 0.6) is 0 Å². The number of nitrogens with one attached hydrogen (secondary N) is 2. The van der Waals surface area contributed by atoms with Crippen LogP contribution < -0.4 is 10.6 Å². The standard InChI is InChI=1S/C19H18N4O/c1-13-4-3-5-15(10-13)19(24)23-17-8-6-16(7-9-17)22-18-11-14(2)20-12-21-18/h3-12H,1-2H3,(H,23,24)(H,20,21,22). The minimum absolute atomic E-state index is 0.120. The van der Waals surface area contributed by atoms with Crippen LogP contribution in [-0.2, 0) is 0 Å². The molecule has 1 aromatic heterocycles. The van der Waals surface area contributed by atoms with Gasteiger partial charge >= 0.3 is 0 Å². The number of hydrogen-bond donors (Lipinski definition) is 2. The molecule has 5 nitrogen and oxygen atoms in total. The van der Waals surface area contributed by atoms with E-state index in [2.05, 4.69) is 20.6 Å². The molecule has 0 radical (unpaired) electrons. The van der Waals surface area contributed by atoms with Gasteiger partial charge in [-0.05, 0) is 50.2 Å². The molecule has 0 saturated heterocycles. The van der Waals surface area contributed by atoms with E-state index in [1.54, 1.807) is 6.07 Å². The van der Waals surface area contributed by atoms with Gasteiger partial charge in [-0.3, -0.25) is 4.79 Å². The van der Waals surface area contributed by atoms with E-state index in [0.717, 1.165) is 28.5 Å². The van der Waals surface area contributed by atoms with E-state index in [-0.39, 0.29) is 5.91 Å². The molecule has 0 saturated carbocycles. The number of aromatic nitrogens is 2. The van der Waals surface area contributed by atoms with Gasteiger partial charge in [0.15, 0.2) is 0 Å². The zero-order chi connectivity index (χ0) is 16.9. The van der Waals surface area contributed by atoms with Crippen LogP contribution in [0.1, 0.15) is 21.6 Å². The van der Waals surface area contributed by atoms with Crippen LogP contribution >= 0.6 is 0 Å². The SMILES string of the molecule is Cc1cccc(C(=O)Nc2ccc(Nc3cc(C)ncn3)cc2)c1. The summed E-state index contributed by atoms with van der Waals surface area (Å²) in [6.45, 7) is 3.88. The van der Waals surface area contributed by atoms with Crippen molar-refractivity contribution in [2.45, 2.75) is 13.8 Å². The summed E-state index contributed by atoms with van der Waals surface area (Å²) in [5.74, 6) is 0.616. The Morgan fingerprint density at radius 2 is 1.67 bits per heavy atom. The number of rotatable bonds is 4. The zero-order valence-corrected chi connectivity index (χ0v) is 13.6. The van der Waals surface area contributed by atoms with E-state index in [4.69, 9.17) is 0 Å². The number of hydrogen-bond acceptors (Lipinski definition) is 4. The second-order valence-electron chi connectivity index (χ2n) is 5.57. The topological polar surface area (TPSA) is 66.9 Å². The number of carbonyl (C=O) groups is 1. The van der Waals surface area contributed by atoms with Gasteiger partial charge in [-0.25, -0.2) is 9.97 Å². The van der Waals surface area contributed by atoms with Gasteiger partial charge in [0.25, 0.3) is 5.91 Å². The van der Waals surface area contributed by atoms with Crippen molar-refractivity contribution in [3.8, 4) is 0 Å². The molecule has 3 rings (SSSR count). The third-order valence-corrected chi connectivity index (χ3v) is 3.50. The Kier molecular flexibility index (Phi) is 4.52. The number of amides is 1. The maximum absolute atomic E-state index is 12.2. The Hall–Kier alpha value is -3.21. The van der Waals surface area contributed by atoms with E-state index >= 15 is 0 Å². The lowest BCUT2D eigenvalue weighted by Gasteiger charge is -2.09. The van der Waals surface area contributed by atoms with Crippen molar-refractivity contribution in [3.05, 3.63) is 77.7 Å². The molecule has 3 aromatic rings. The summed E-state index contributed by atoms with van der Waals surface area (Å²) >= 11 is 0. The van der Waals surface area contributed by atoms with Gasteiger partial charge in [-0.1, -0.05) is 17.7 Å². The molecule has 120 valence electrons. The van der Waals surface area contributed by atoms with Crippen LogP contribution in [-0.4, -0.2) is 15.9 Å². The Labute approximate surface area is 140 Å². The van der Waals surface area contributed by atoms with E-state index in [9.17, 15) is 4.79 Å². The molecule has 0 bridgehead atoms. The van der Waals surface area contributed by atoms with Crippen LogP contribution in [0.3, 0.4) is 0 Å². The fourth-order valence-electron chi connectivity index (χ4n) is 2.30. The highest BCUT2D eigenvalue weighted by Crippen LogP contribution is 2.18. The van der Waals surface area contributed by atoms with Gasteiger partial charge < -0.3 is 10.6 Å². The smallest absolute Gasteiger partial charge is 0.255 e. The van der Waals surface area contributed by atoms with Gasteiger partial charge in [-0.2, -0.15) is 0 Å². The summed E-state index contributed by atoms with van der Waals surface area (Å²) in [7, 11) is 0. The van der Waals surface area contributed by atoms with Crippen molar-refractivity contribution in [1.29, 1.82) is 0 Å². The van der Waals surface area contributed by atoms with Crippen LogP contribution in [0.25, 0.3) is 0 Å². The van der Waals surface area contributed by atoms with Crippen molar-refractivity contribution in [2.24, 2.45) is 0 Å². The number of aryl methyl sites for hydroxylation is 2. The van der Waals surface area contributed by atoms with Crippen molar-refractivity contribution >= 4 is 23.1 Å². The molecule has 0 spiro atoms. The monoisotopic (exact) mass is 318 g/mol. The fraction of sp³-hybridized carbons (Fsp3) is 0.105. The molecule has 0 aliphatic heterocycles. The normalized spacial score (nSPS) is 10.2. The maximum Gasteiger partial charge on any atom is 0.255 e. The summed E-state index contributed by atoms with van der Waals surface area (Å²) in [5, 5.41) is 6.09. The Balaban J connectivity index is 1.67. The second kappa shape index (κ2) is 6.91. The predicted molar refractivity (Wildman–Crippen MR) is 95.6 cm³/mol. The summed E-state index contributed by atoms with van der Waals surface area (Å²) < 4.78 is 0. The zero-order valence-electron chi connectivity index (χ0n) is 13.6. The lowest BCUT2D eigenvalue weighted by atomic mass is 10.1. The first-order valence-electron chi connectivity index (χ1n) is 7.64. The Morgan fingerprint density at radius 1 is 0.917 bits per heavy atom. The highest BCUT2D eigenvalue weighted by molar-refractivity contribution is 6.04. The van der Waals surface area contributed by atoms with E-state index in [1.165, 1.54) is 6.33 Å². The van der Waals surface area contributed by atoms with Crippen molar-refractivity contribution < 1.29 is 4.79 Å². The van der Waals surface area contributed by atoms with Gasteiger partial charge in [-0.15, -0.1) is 0 Å². The average Bonchev–Trinajstić information content (AvgIpc) is 2.57. The maximum atomic E-state index is 12.2. The summed E-state index contributed by atoms with van der Waals surface area (Å²) in [6.07, 6.45) is 1.52. The van der Waals surface area contributed by atoms with Crippen molar-refractivity contribution in [2.75, 3.05) is 10.6 Å². The quantitative estimate of drug-likeness (QED) is 0.760. The molecule has 0 atom stereocenters. The van der Waals surface area contributed by atoms with Gasteiger partial charge in [0, 0.05) is 28.7 Å². The van der Waals surface area contributed by atoms with Gasteiger partial charge in [0.05, 0.1) is 0 Å². The lowest BCUT2D eigenvalue weighted by Crippen LogP contribution is -2.11. The average molecular weight is 318 g/mol. The second-order valence-corrected chi connectivity index (χ2v) is 5.57. The van der Waals surface area contributed by atoms with Crippen LogP contribution in [0.2, 0.25) is 0 Å². The molecule has 0 fully saturated rings. The summed E-state index contributed by atoms with van der Waals surface area (Å²) in [6, 6.07) is 16.9. The Morgan fingerprint density at radius 3 is 2.38 bits per heavy atom. The minimum atomic E-state index is -0.120. The molecule has 1 amide bonds. The molecular weight excluding hydrogens is 300 g/mol. The number of nitrogens with zero attached hydrogens (tertiary/aromatic N) is 2. The first kappa shape index (κ1) is 15.7. The Bertz CT molecular complexity index is 859. The lowest BCUT2D eigenvalue weighted by molar-refractivity contribution is 0.102. The van der Waals surface area contributed by atoms with E-state index in [0.29, 0.717) is 5.56 Å². The largest absolute Gasteiger partial charge is 0.340 e.